The van der Waals surface area contributed by atoms with Gasteiger partial charge in [-0.2, -0.15) is 0 Å². The van der Waals surface area contributed by atoms with E-state index in [1.807, 2.05) is 26.0 Å². The van der Waals surface area contributed by atoms with Crippen molar-refractivity contribution in [2.45, 2.75) is 33.6 Å². The number of amides is 1. The van der Waals surface area contributed by atoms with Crippen LogP contribution in [0.2, 0.25) is 0 Å². The number of carbonyl (C=O) groups is 1. The Balaban J connectivity index is 1.71. The summed E-state index contributed by atoms with van der Waals surface area (Å²) in [6, 6.07) is 6.02. The molecule has 0 aromatic heterocycles. The summed E-state index contributed by atoms with van der Waals surface area (Å²) < 4.78 is 30.8. The number of hydrogen-bond donors (Lipinski definition) is 1. The van der Waals surface area contributed by atoms with Crippen molar-refractivity contribution < 1.29 is 17.9 Å². The van der Waals surface area contributed by atoms with Gasteiger partial charge in [-0.15, -0.1) is 0 Å². The molecule has 1 heterocycles. The van der Waals surface area contributed by atoms with E-state index < -0.39 is 10.0 Å². The number of nitrogens with zero attached hydrogens (tertiary/aromatic N) is 1. The van der Waals surface area contributed by atoms with Crippen LogP contribution in [-0.2, 0) is 14.8 Å². The first-order chi connectivity index (χ1) is 11.8. The number of carbonyl (C=O) groups excluding carboxylic acids is 1. The molecule has 2 rings (SSSR count). The number of ether oxygens (including phenoxy) is 1. The first-order valence-corrected chi connectivity index (χ1v) is 10.4. The van der Waals surface area contributed by atoms with Gasteiger partial charge in [0.05, 0.1) is 12.3 Å². The Kier molecular flexibility index (Phi) is 6.84. The highest BCUT2D eigenvalue weighted by Crippen LogP contribution is 2.20. The summed E-state index contributed by atoms with van der Waals surface area (Å²) in [6.45, 7) is 7.39. The van der Waals surface area contributed by atoms with Crippen molar-refractivity contribution in [2.24, 2.45) is 5.92 Å². The van der Waals surface area contributed by atoms with Gasteiger partial charge in [-0.05, 0) is 56.9 Å². The average Bonchev–Trinajstić information content (AvgIpc) is 2.58. The summed E-state index contributed by atoms with van der Waals surface area (Å²) in [6.07, 6.45) is 1.14. The number of sulfonamides is 1. The number of nitrogens with one attached hydrogen (secondary N) is 1. The average molecular weight is 368 g/mol. The van der Waals surface area contributed by atoms with Gasteiger partial charge in [0.1, 0.15) is 12.4 Å². The van der Waals surface area contributed by atoms with Gasteiger partial charge < -0.3 is 10.1 Å². The fourth-order valence-electron chi connectivity index (χ4n) is 3.08. The quantitative estimate of drug-likeness (QED) is 0.746. The van der Waals surface area contributed by atoms with Crippen molar-refractivity contribution in [2.75, 3.05) is 32.0 Å². The summed E-state index contributed by atoms with van der Waals surface area (Å²) in [5.74, 6) is 0.784. The summed E-state index contributed by atoms with van der Waals surface area (Å²) in [5.41, 5.74) is 2.29. The summed E-state index contributed by atoms with van der Waals surface area (Å²) in [5, 5.41) is 2.89. The summed E-state index contributed by atoms with van der Waals surface area (Å²) in [7, 11) is -3.15. The van der Waals surface area contributed by atoms with Crippen LogP contribution in [0.1, 0.15) is 30.9 Å². The molecule has 1 aromatic carbocycles. The number of benzene rings is 1. The van der Waals surface area contributed by atoms with Crippen molar-refractivity contribution in [3.05, 3.63) is 29.3 Å². The van der Waals surface area contributed by atoms with E-state index in [-0.39, 0.29) is 17.6 Å². The lowest BCUT2D eigenvalue weighted by atomic mass is 9.97. The van der Waals surface area contributed by atoms with E-state index in [1.54, 1.807) is 6.92 Å². The first-order valence-electron chi connectivity index (χ1n) is 8.78. The zero-order valence-corrected chi connectivity index (χ0v) is 16.1. The minimum atomic E-state index is -3.15. The molecule has 25 heavy (non-hydrogen) atoms. The van der Waals surface area contributed by atoms with Crippen molar-refractivity contribution in [1.82, 2.24) is 9.62 Å². The van der Waals surface area contributed by atoms with E-state index >= 15 is 0 Å². The highest BCUT2D eigenvalue weighted by Gasteiger charge is 2.29. The van der Waals surface area contributed by atoms with E-state index in [9.17, 15) is 13.2 Å². The minimum absolute atomic E-state index is 0.0161. The lowest BCUT2D eigenvalue weighted by molar-refractivity contribution is -0.126. The Hall–Kier alpha value is -1.60. The highest BCUT2D eigenvalue weighted by atomic mass is 32.2. The molecule has 0 radical (unpaired) electrons. The van der Waals surface area contributed by atoms with Crippen molar-refractivity contribution in [1.29, 1.82) is 0 Å². The second kappa shape index (κ2) is 8.67. The number of rotatable bonds is 7. The Bertz CT molecular complexity index is 675. The Morgan fingerprint density at radius 2 is 1.80 bits per heavy atom. The normalized spacial score (nSPS) is 16.6. The topological polar surface area (TPSA) is 75.7 Å². The second-order valence-electron chi connectivity index (χ2n) is 6.54. The predicted octanol–water partition coefficient (Wildman–Crippen LogP) is 1.86. The molecule has 1 fully saturated rings. The van der Waals surface area contributed by atoms with Crippen molar-refractivity contribution in [3.8, 4) is 5.75 Å². The van der Waals surface area contributed by atoms with Crippen LogP contribution in [0.3, 0.4) is 0 Å². The molecule has 1 aliphatic rings. The van der Waals surface area contributed by atoms with Crippen LogP contribution in [0.5, 0.6) is 5.75 Å². The van der Waals surface area contributed by atoms with Crippen LogP contribution >= 0.6 is 0 Å². The summed E-state index contributed by atoms with van der Waals surface area (Å²) in [4.78, 5) is 12.2. The molecule has 7 heteroatoms. The third-order valence-electron chi connectivity index (χ3n) is 4.45. The minimum Gasteiger partial charge on any atom is -0.492 e. The summed E-state index contributed by atoms with van der Waals surface area (Å²) >= 11 is 0. The van der Waals surface area contributed by atoms with Crippen LogP contribution < -0.4 is 10.1 Å². The van der Waals surface area contributed by atoms with Gasteiger partial charge in [-0.1, -0.05) is 6.07 Å². The molecule has 1 N–H and O–H groups in total. The molecule has 0 unspecified atom stereocenters. The maximum absolute atomic E-state index is 12.2. The van der Waals surface area contributed by atoms with Gasteiger partial charge in [0.25, 0.3) is 0 Å². The molecule has 1 aliphatic heterocycles. The van der Waals surface area contributed by atoms with Crippen LogP contribution in [0.25, 0.3) is 0 Å². The second-order valence-corrected chi connectivity index (χ2v) is 8.79. The van der Waals surface area contributed by atoms with Gasteiger partial charge >= 0.3 is 0 Å². The van der Waals surface area contributed by atoms with E-state index in [1.165, 1.54) is 4.31 Å². The van der Waals surface area contributed by atoms with Gasteiger partial charge in [-0.25, -0.2) is 12.7 Å². The SMILES string of the molecule is CCS(=O)(=O)N1CCC(C(=O)NCCOc2cc(C)cc(C)c2)CC1. The third kappa shape index (κ3) is 5.71. The van der Waals surface area contributed by atoms with Crippen LogP contribution in [0.15, 0.2) is 18.2 Å². The van der Waals surface area contributed by atoms with Crippen LogP contribution in [0.4, 0.5) is 0 Å². The smallest absolute Gasteiger partial charge is 0.223 e. The molecule has 0 spiro atoms. The predicted molar refractivity (Wildman–Crippen MR) is 98.2 cm³/mol. The van der Waals surface area contributed by atoms with Crippen molar-refractivity contribution >= 4 is 15.9 Å². The molecular formula is C18H28N2O4S. The Morgan fingerprint density at radius 1 is 1.20 bits per heavy atom. The van der Waals surface area contributed by atoms with E-state index in [0.29, 0.717) is 39.1 Å². The highest BCUT2D eigenvalue weighted by molar-refractivity contribution is 7.89. The molecule has 0 bridgehead atoms. The number of hydrogen-bond acceptors (Lipinski definition) is 4. The third-order valence-corrected chi connectivity index (χ3v) is 6.33. The fraction of sp³-hybridized carbons (Fsp3) is 0.611. The fourth-order valence-corrected chi connectivity index (χ4v) is 4.21. The molecular weight excluding hydrogens is 340 g/mol. The standard InChI is InChI=1S/C18H28N2O4S/c1-4-25(22,23)20-8-5-16(6-9-20)18(21)19-7-10-24-17-12-14(2)11-15(3)13-17/h11-13,16H,4-10H2,1-3H3,(H,19,21). The number of piperidine rings is 1. The van der Waals surface area contributed by atoms with Crippen LogP contribution in [-0.4, -0.2) is 50.6 Å². The zero-order chi connectivity index (χ0) is 18.4. The maximum Gasteiger partial charge on any atom is 0.223 e. The molecule has 140 valence electrons. The van der Waals surface area contributed by atoms with E-state index in [2.05, 4.69) is 11.4 Å². The lowest BCUT2D eigenvalue weighted by Crippen LogP contribution is -2.44. The van der Waals surface area contributed by atoms with Crippen molar-refractivity contribution in [3.63, 3.8) is 0 Å². The monoisotopic (exact) mass is 368 g/mol. The molecule has 0 aliphatic carbocycles. The van der Waals surface area contributed by atoms with Gasteiger partial charge in [0, 0.05) is 19.0 Å². The molecule has 1 amide bonds. The Labute approximate surface area is 150 Å². The molecule has 0 atom stereocenters. The van der Waals surface area contributed by atoms with Gasteiger partial charge in [0.2, 0.25) is 15.9 Å². The number of aryl methyl sites for hydroxylation is 2. The molecule has 6 nitrogen and oxygen atoms in total. The molecule has 1 aromatic rings. The molecule has 1 saturated heterocycles. The Morgan fingerprint density at radius 3 is 2.36 bits per heavy atom. The first kappa shape index (κ1) is 19.7. The van der Waals surface area contributed by atoms with E-state index in [4.69, 9.17) is 4.74 Å². The van der Waals surface area contributed by atoms with Gasteiger partial charge in [-0.3, -0.25) is 4.79 Å². The lowest BCUT2D eigenvalue weighted by Gasteiger charge is -2.30. The van der Waals surface area contributed by atoms with E-state index in [0.717, 1.165) is 16.9 Å². The molecule has 0 saturated carbocycles. The largest absolute Gasteiger partial charge is 0.492 e. The zero-order valence-electron chi connectivity index (χ0n) is 15.2. The van der Waals surface area contributed by atoms with Gasteiger partial charge in [0.15, 0.2) is 0 Å². The maximum atomic E-state index is 12.2. The van der Waals surface area contributed by atoms with Crippen LogP contribution in [0, 0.1) is 19.8 Å².